The van der Waals surface area contributed by atoms with Crippen molar-refractivity contribution in [2.24, 2.45) is 0 Å². The molecule has 1 fully saturated rings. The topological polar surface area (TPSA) is 41.5 Å². The maximum Gasteiger partial charge on any atom is 0.119 e. The van der Waals surface area contributed by atoms with Crippen molar-refractivity contribution in [3.63, 3.8) is 0 Å². The minimum absolute atomic E-state index is 0.179. The maximum atomic E-state index is 10.2. The van der Waals surface area contributed by atoms with Gasteiger partial charge in [0.1, 0.15) is 5.75 Å². The molecular formula is C17H27NO2. The Kier molecular flexibility index (Phi) is 5.86. The molecule has 2 rings (SSSR count). The highest BCUT2D eigenvalue weighted by Crippen LogP contribution is 2.20. The van der Waals surface area contributed by atoms with E-state index in [2.05, 4.69) is 5.32 Å². The van der Waals surface area contributed by atoms with E-state index >= 15 is 0 Å². The fraction of sp³-hybridized carbons (Fsp3) is 0.647. The van der Waals surface area contributed by atoms with E-state index in [1.54, 1.807) is 0 Å². The third kappa shape index (κ3) is 4.80. The molecule has 3 nitrogen and oxygen atoms in total. The molecule has 1 aromatic carbocycles. The Labute approximate surface area is 122 Å². The maximum absolute atomic E-state index is 10.2. The Hall–Kier alpha value is -1.06. The van der Waals surface area contributed by atoms with Crippen LogP contribution in [0.1, 0.15) is 57.6 Å². The van der Waals surface area contributed by atoms with Crippen LogP contribution in [0.5, 0.6) is 5.75 Å². The van der Waals surface area contributed by atoms with Gasteiger partial charge in [0, 0.05) is 12.6 Å². The van der Waals surface area contributed by atoms with Crippen LogP contribution in [0.25, 0.3) is 0 Å². The molecule has 0 spiro atoms. The van der Waals surface area contributed by atoms with Gasteiger partial charge >= 0.3 is 0 Å². The van der Waals surface area contributed by atoms with Crippen LogP contribution in [0, 0.1) is 0 Å². The summed E-state index contributed by atoms with van der Waals surface area (Å²) in [6, 6.07) is 8.34. The van der Waals surface area contributed by atoms with Crippen molar-refractivity contribution in [3.8, 4) is 5.75 Å². The first kappa shape index (κ1) is 15.3. The number of benzene rings is 1. The second kappa shape index (κ2) is 7.65. The zero-order valence-corrected chi connectivity index (χ0v) is 12.6. The van der Waals surface area contributed by atoms with E-state index in [0.29, 0.717) is 12.6 Å². The Bertz CT molecular complexity index is 382. The summed E-state index contributed by atoms with van der Waals surface area (Å²) in [6.45, 7) is 4.66. The molecule has 1 aromatic rings. The number of rotatable bonds is 6. The largest absolute Gasteiger partial charge is 0.491 e. The lowest BCUT2D eigenvalue weighted by atomic mass is 9.95. The van der Waals surface area contributed by atoms with Crippen molar-refractivity contribution in [1.82, 2.24) is 5.32 Å². The molecule has 0 aliphatic heterocycles. The first-order valence-corrected chi connectivity index (χ1v) is 7.83. The molecule has 0 radical (unpaired) electrons. The lowest BCUT2D eigenvalue weighted by Crippen LogP contribution is -2.34. The molecule has 1 unspecified atom stereocenters. The summed E-state index contributed by atoms with van der Waals surface area (Å²) < 4.78 is 5.61. The van der Waals surface area contributed by atoms with Gasteiger partial charge in [-0.2, -0.15) is 0 Å². The number of nitrogens with one attached hydrogen (secondary N) is 1. The van der Waals surface area contributed by atoms with Crippen LogP contribution in [-0.4, -0.2) is 23.8 Å². The molecule has 3 heteroatoms. The number of aliphatic hydroxyl groups excluding tert-OH is 1. The van der Waals surface area contributed by atoms with Crippen LogP contribution in [0.2, 0.25) is 0 Å². The van der Waals surface area contributed by atoms with Gasteiger partial charge in [0.05, 0.1) is 12.2 Å². The van der Waals surface area contributed by atoms with E-state index in [-0.39, 0.29) is 6.10 Å². The highest BCUT2D eigenvalue weighted by atomic mass is 16.5. The SMILES string of the molecule is CC(C)Oc1ccc(C(O)CNC2CCCCC2)cc1. The Morgan fingerprint density at radius 3 is 2.40 bits per heavy atom. The lowest BCUT2D eigenvalue weighted by Gasteiger charge is -2.24. The van der Waals surface area contributed by atoms with Crippen molar-refractivity contribution < 1.29 is 9.84 Å². The van der Waals surface area contributed by atoms with Crippen molar-refractivity contribution in [1.29, 1.82) is 0 Å². The van der Waals surface area contributed by atoms with E-state index in [4.69, 9.17) is 4.74 Å². The number of aliphatic hydroxyl groups is 1. The highest BCUT2D eigenvalue weighted by Gasteiger charge is 2.15. The zero-order valence-electron chi connectivity index (χ0n) is 12.6. The Morgan fingerprint density at radius 2 is 1.80 bits per heavy atom. The summed E-state index contributed by atoms with van der Waals surface area (Å²) in [6.07, 6.45) is 6.22. The average molecular weight is 277 g/mol. The van der Waals surface area contributed by atoms with Crippen LogP contribution in [0.4, 0.5) is 0 Å². The van der Waals surface area contributed by atoms with Gasteiger partial charge in [-0.05, 0) is 44.4 Å². The van der Waals surface area contributed by atoms with Gasteiger partial charge in [0.15, 0.2) is 0 Å². The second-order valence-corrected chi connectivity index (χ2v) is 5.99. The molecule has 0 aromatic heterocycles. The minimum atomic E-state index is -0.440. The molecule has 0 saturated heterocycles. The van der Waals surface area contributed by atoms with Crippen molar-refractivity contribution in [3.05, 3.63) is 29.8 Å². The van der Waals surface area contributed by atoms with Gasteiger partial charge in [-0.15, -0.1) is 0 Å². The predicted octanol–water partition coefficient (Wildman–Crippen LogP) is 3.43. The molecule has 0 bridgehead atoms. The number of hydrogen-bond acceptors (Lipinski definition) is 3. The fourth-order valence-electron chi connectivity index (χ4n) is 2.74. The Morgan fingerprint density at radius 1 is 1.15 bits per heavy atom. The van der Waals surface area contributed by atoms with E-state index in [9.17, 15) is 5.11 Å². The van der Waals surface area contributed by atoms with E-state index in [1.165, 1.54) is 32.1 Å². The van der Waals surface area contributed by atoms with E-state index in [0.717, 1.165) is 11.3 Å². The minimum Gasteiger partial charge on any atom is -0.491 e. The first-order chi connectivity index (χ1) is 9.65. The number of ether oxygens (including phenoxy) is 1. The predicted molar refractivity (Wildman–Crippen MR) is 82.0 cm³/mol. The normalized spacial score (nSPS) is 18.2. The molecular weight excluding hydrogens is 250 g/mol. The van der Waals surface area contributed by atoms with Crippen LogP contribution >= 0.6 is 0 Å². The molecule has 1 atom stereocenters. The average Bonchev–Trinajstić information content (AvgIpc) is 2.46. The number of hydrogen-bond donors (Lipinski definition) is 2. The fourth-order valence-corrected chi connectivity index (χ4v) is 2.74. The molecule has 1 saturated carbocycles. The van der Waals surface area contributed by atoms with E-state index < -0.39 is 6.10 Å². The second-order valence-electron chi connectivity index (χ2n) is 5.99. The van der Waals surface area contributed by atoms with E-state index in [1.807, 2.05) is 38.1 Å². The van der Waals surface area contributed by atoms with Gasteiger partial charge < -0.3 is 15.2 Å². The quantitative estimate of drug-likeness (QED) is 0.837. The summed E-state index contributed by atoms with van der Waals surface area (Å²) in [5.41, 5.74) is 0.949. The molecule has 1 aliphatic carbocycles. The Balaban J connectivity index is 1.80. The van der Waals surface area contributed by atoms with Crippen LogP contribution in [0.3, 0.4) is 0 Å². The summed E-state index contributed by atoms with van der Waals surface area (Å²) in [7, 11) is 0. The summed E-state index contributed by atoms with van der Waals surface area (Å²) in [5.74, 6) is 0.858. The summed E-state index contributed by atoms with van der Waals surface area (Å²) in [5, 5.41) is 13.7. The van der Waals surface area contributed by atoms with Gasteiger partial charge in [0.2, 0.25) is 0 Å². The molecule has 0 heterocycles. The van der Waals surface area contributed by atoms with Crippen LogP contribution in [0.15, 0.2) is 24.3 Å². The van der Waals surface area contributed by atoms with Crippen LogP contribution < -0.4 is 10.1 Å². The van der Waals surface area contributed by atoms with Gasteiger partial charge in [-0.25, -0.2) is 0 Å². The van der Waals surface area contributed by atoms with Gasteiger partial charge in [-0.3, -0.25) is 0 Å². The summed E-state index contributed by atoms with van der Waals surface area (Å²) in [4.78, 5) is 0. The highest BCUT2D eigenvalue weighted by molar-refractivity contribution is 5.28. The molecule has 0 amide bonds. The van der Waals surface area contributed by atoms with Crippen LogP contribution in [-0.2, 0) is 0 Å². The lowest BCUT2D eigenvalue weighted by molar-refractivity contribution is 0.165. The summed E-state index contributed by atoms with van der Waals surface area (Å²) >= 11 is 0. The molecule has 1 aliphatic rings. The van der Waals surface area contributed by atoms with Gasteiger partial charge in [0.25, 0.3) is 0 Å². The first-order valence-electron chi connectivity index (χ1n) is 7.83. The third-order valence-electron chi connectivity index (χ3n) is 3.84. The van der Waals surface area contributed by atoms with Crippen molar-refractivity contribution >= 4 is 0 Å². The standard InChI is InChI=1S/C17H27NO2/c1-13(2)20-16-10-8-14(9-11-16)17(19)12-18-15-6-4-3-5-7-15/h8-11,13,15,17-19H,3-7,12H2,1-2H3. The molecule has 20 heavy (non-hydrogen) atoms. The van der Waals surface area contributed by atoms with Crippen molar-refractivity contribution in [2.75, 3.05) is 6.54 Å². The smallest absolute Gasteiger partial charge is 0.119 e. The van der Waals surface area contributed by atoms with Gasteiger partial charge in [-0.1, -0.05) is 31.4 Å². The third-order valence-corrected chi connectivity index (χ3v) is 3.84. The molecule has 112 valence electrons. The molecule has 2 N–H and O–H groups in total. The van der Waals surface area contributed by atoms with Crippen molar-refractivity contribution in [2.45, 2.75) is 64.2 Å². The zero-order chi connectivity index (χ0) is 14.4. The monoisotopic (exact) mass is 277 g/mol.